The summed E-state index contributed by atoms with van der Waals surface area (Å²) in [5.41, 5.74) is 2.63. The first-order chi connectivity index (χ1) is 11.4. The van der Waals surface area contributed by atoms with Crippen molar-refractivity contribution in [3.05, 3.63) is 41.2 Å². The molecule has 7 heteroatoms. The molecule has 0 aliphatic heterocycles. The number of amides is 1. The van der Waals surface area contributed by atoms with E-state index in [9.17, 15) is 9.59 Å². The fourth-order valence-corrected chi connectivity index (χ4v) is 2.72. The van der Waals surface area contributed by atoms with Crippen LogP contribution in [0.3, 0.4) is 0 Å². The largest absolute Gasteiger partial charge is 0.504 e. The Kier molecular flexibility index (Phi) is 3.76. The fourth-order valence-electron chi connectivity index (χ4n) is 2.72. The van der Waals surface area contributed by atoms with Crippen molar-refractivity contribution in [3.63, 3.8) is 0 Å². The van der Waals surface area contributed by atoms with E-state index in [0.29, 0.717) is 22.4 Å². The van der Waals surface area contributed by atoms with Gasteiger partial charge in [-0.2, -0.15) is 0 Å². The first-order valence-corrected chi connectivity index (χ1v) is 7.28. The van der Waals surface area contributed by atoms with Gasteiger partial charge in [0.2, 0.25) is 11.7 Å². The van der Waals surface area contributed by atoms with Crippen LogP contribution in [-0.4, -0.2) is 28.8 Å². The van der Waals surface area contributed by atoms with Crippen LogP contribution in [0.4, 0.5) is 5.69 Å². The number of methoxy groups -OCH3 is 1. The SMILES string of the molecule is CO/C=C/C(=O)c1cc2c(C)nc3c(=N)cc(NC(C)=O)c([nH]1)c23. The number of ketones is 1. The third kappa shape index (κ3) is 2.50. The van der Waals surface area contributed by atoms with Crippen LogP contribution in [0.2, 0.25) is 0 Å². The van der Waals surface area contributed by atoms with Crippen LogP contribution in [0.25, 0.3) is 21.8 Å². The van der Waals surface area contributed by atoms with Crippen molar-refractivity contribution in [1.29, 1.82) is 5.41 Å². The Labute approximate surface area is 137 Å². The minimum Gasteiger partial charge on any atom is -0.504 e. The molecule has 122 valence electrons. The number of ether oxygens (including phenoxy) is 1. The number of aryl methyl sites for hydroxylation is 1. The molecule has 0 bridgehead atoms. The zero-order chi connectivity index (χ0) is 17.4. The maximum Gasteiger partial charge on any atom is 0.221 e. The minimum absolute atomic E-state index is 0.219. The van der Waals surface area contributed by atoms with Gasteiger partial charge in [0.15, 0.2) is 0 Å². The number of hydrogen-bond acceptors (Lipinski definition) is 5. The molecular weight excluding hydrogens is 308 g/mol. The number of pyridine rings is 1. The summed E-state index contributed by atoms with van der Waals surface area (Å²) in [5, 5.41) is 12.5. The molecule has 3 aromatic rings. The second-order valence-electron chi connectivity index (χ2n) is 5.45. The van der Waals surface area contributed by atoms with Crippen LogP contribution in [0.5, 0.6) is 0 Å². The average molecular weight is 324 g/mol. The summed E-state index contributed by atoms with van der Waals surface area (Å²) in [7, 11) is 1.46. The van der Waals surface area contributed by atoms with Gasteiger partial charge in [-0.25, -0.2) is 0 Å². The lowest BCUT2D eigenvalue weighted by Crippen LogP contribution is -2.11. The molecule has 1 aromatic carbocycles. The molecule has 0 aliphatic carbocycles. The van der Waals surface area contributed by atoms with E-state index in [2.05, 4.69) is 15.3 Å². The smallest absolute Gasteiger partial charge is 0.221 e. The highest BCUT2D eigenvalue weighted by atomic mass is 16.5. The van der Waals surface area contributed by atoms with Crippen molar-refractivity contribution in [2.45, 2.75) is 13.8 Å². The molecule has 2 heterocycles. The third-order valence-electron chi connectivity index (χ3n) is 3.72. The Morgan fingerprint density at radius 2 is 2.12 bits per heavy atom. The molecule has 0 saturated carbocycles. The summed E-state index contributed by atoms with van der Waals surface area (Å²) >= 11 is 0. The first kappa shape index (κ1) is 15.7. The lowest BCUT2D eigenvalue weighted by atomic mass is 10.1. The summed E-state index contributed by atoms with van der Waals surface area (Å²) in [6.07, 6.45) is 2.61. The molecule has 0 aliphatic rings. The predicted octanol–water partition coefficient (Wildman–Crippen LogP) is 2.24. The van der Waals surface area contributed by atoms with E-state index < -0.39 is 0 Å². The van der Waals surface area contributed by atoms with Crippen molar-refractivity contribution >= 4 is 39.2 Å². The quantitative estimate of drug-likeness (QED) is 0.388. The second-order valence-corrected chi connectivity index (χ2v) is 5.45. The number of nitrogens with one attached hydrogen (secondary N) is 3. The molecule has 3 rings (SSSR count). The van der Waals surface area contributed by atoms with Gasteiger partial charge in [0.05, 0.1) is 41.1 Å². The summed E-state index contributed by atoms with van der Waals surface area (Å²) in [4.78, 5) is 31.2. The molecule has 7 nitrogen and oxygen atoms in total. The molecule has 0 saturated heterocycles. The van der Waals surface area contributed by atoms with E-state index in [1.54, 1.807) is 6.07 Å². The van der Waals surface area contributed by atoms with Gasteiger partial charge in [-0.1, -0.05) is 0 Å². The van der Waals surface area contributed by atoms with Gasteiger partial charge in [-0.3, -0.25) is 20.0 Å². The molecule has 0 unspecified atom stereocenters. The second kappa shape index (κ2) is 5.77. The molecule has 1 amide bonds. The van der Waals surface area contributed by atoms with Crippen molar-refractivity contribution in [2.75, 3.05) is 12.4 Å². The Bertz CT molecular complexity index is 1050. The van der Waals surface area contributed by atoms with Gasteiger partial charge in [0.25, 0.3) is 0 Å². The highest BCUT2D eigenvalue weighted by Crippen LogP contribution is 2.31. The summed E-state index contributed by atoms with van der Waals surface area (Å²) < 4.78 is 4.78. The van der Waals surface area contributed by atoms with Crippen LogP contribution in [0, 0.1) is 12.3 Å². The number of aromatic nitrogens is 2. The number of carbonyl (C=O) groups excluding carboxylic acids is 2. The Morgan fingerprint density at radius 3 is 2.79 bits per heavy atom. The van der Waals surface area contributed by atoms with Crippen LogP contribution >= 0.6 is 0 Å². The van der Waals surface area contributed by atoms with Crippen molar-refractivity contribution in [1.82, 2.24) is 9.97 Å². The highest BCUT2D eigenvalue weighted by molar-refractivity contribution is 6.17. The molecule has 2 aromatic heterocycles. The number of allylic oxidation sites excluding steroid dienone is 1. The van der Waals surface area contributed by atoms with Gasteiger partial charge >= 0.3 is 0 Å². The van der Waals surface area contributed by atoms with Crippen LogP contribution in [0.15, 0.2) is 24.5 Å². The predicted molar refractivity (Wildman–Crippen MR) is 90.2 cm³/mol. The van der Waals surface area contributed by atoms with Crippen molar-refractivity contribution < 1.29 is 14.3 Å². The lowest BCUT2D eigenvalue weighted by molar-refractivity contribution is -0.114. The molecule has 0 radical (unpaired) electrons. The Hall–Kier alpha value is -3.22. The number of aromatic amines is 1. The Morgan fingerprint density at radius 1 is 1.38 bits per heavy atom. The fraction of sp³-hybridized carbons (Fsp3) is 0.176. The monoisotopic (exact) mass is 324 g/mol. The van der Waals surface area contributed by atoms with E-state index >= 15 is 0 Å². The normalized spacial score (nSPS) is 11.5. The van der Waals surface area contributed by atoms with E-state index in [1.807, 2.05) is 6.92 Å². The average Bonchev–Trinajstić information content (AvgIpc) is 2.87. The van der Waals surface area contributed by atoms with Crippen molar-refractivity contribution in [3.8, 4) is 0 Å². The number of hydrogen-bond donors (Lipinski definition) is 3. The first-order valence-electron chi connectivity index (χ1n) is 7.28. The number of nitrogens with zero attached hydrogens (tertiary/aromatic N) is 1. The number of rotatable bonds is 4. The van der Waals surface area contributed by atoms with Gasteiger partial charge in [0, 0.05) is 29.5 Å². The van der Waals surface area contributed by atoms with Gasteiger partial charge < -0.3 is 15.0 Å². The third-order valence-corrected chi connectivity index (χ3v) is 3.72. The van der Waals surface area contributed by atoms with Crippen LogP contribution in [-0.2, 0) is 9.53 Å². The maximum atomic E-state index is 12.3. The Balaban J connectivity index is 2.36. The van der Waals surface area contributed by atoms with E-state index in [-0.39, 0.29) is 17.0 Å². The lowest BCUT2D eigenvalue weighted by Gasteiger charge is -2.09. The van der Waals surface area contributed by atoms with Gasteiger partial charge in [0.1, 0.15) is 0 Å². The summed E-state index contributed by atoms with van der Waals surface area (Å²) in [5.74, 6) is -0.522. The van der Waals surface area contributed by atoms with Gasteiger partial charge in [-0.15, -0.1) is 0 Å². The number of H-pyrrole nitrogens is 1. The summed E-state index contributed by atoms with van der Waals surface area (Å²) in [6, 6.07) is 3.23. The van der Waals surface area contributed by atoms with Crippen molar-refractivity contribution in [2.24, 2.45) is 0 Å². The standard InChI is InChI=1S/C17H16N4O3/c1-8-10-6-12(14(23)4-5-24-3)21-17-13(20-9(2)22)7-11(18)16(19-8)15(10)17/h4-7,18,21H,1-3H3,(H,20,22)/b5-4+,18-11?. The molecule has 0 spiro atoms. The van der Waals surface area contributed by atoms with E-state index in [0.717, 1.165) is 16.5 Å². The van der Waals surface area contributed by atoms with Crippen LogP contribution < -0.4 is 10.7 Å². The molecule has 0 atom stereocenters. The van der Waals surface area contributed by atoms with E-state index in [1.165, 1.54) is 32.4 Å². The number of benzene rings is 1. The zero-order valence-corrected chi connectivity index (χ0v) is 13.5. The molecule has 0 fully saturated rings. The minimum atomic E-state index is -0.264. The molecule has 3 N–H and O–H groups in total. The number of anilines is 1. The molecule has 24 heavy (non-hydrogen) atoms. The van der Waals surface area contributed by atoms with Gasteiger partial charge in [-0.05, 0) is 19.1 Å². The van der Waals surface area contributed by atoms with E-state index in [4.69, 9.17) is 10.1 Å². The maximum absolute atomic E-state index is 12.3. The topological polar surface area (TPSA) is 108 Å². The highest BCUT2D eigenvalue weighted by Gasteiger charge is 2.17. The number of carbonyl (C=O) groups is 2. The zero-order valence-electron chi connectivity index (χ0n) is 13.5. The summed E-state index contributed by atoms with van der Waals surface area (Å²) in [6.45, 7) is 3.22. The van der Waals surface area contributed by atoms with Crippen LogP contribution in [0.1, 0.15) is 23.1 Å². The molecular formula is C17H16N4O3.